The van der Waals surface area contributed by atoms with Crippen molar-refractivity contribution in [2.75, 3.05) is 7.11 Å². The molecular formula is C14H23NO2. The summed E-state index contributed by atoms with van der Waals surface area (Å²) in [6.07, 6.45) is 8.45. The summed E-state index contributed by atoms with van der Waals surface area (Å²) in [5.41, 5.74) is 6.62. The Kier molecular flexibility index (Phi) is 2.69. The second-order valence-electron chi connectivity index (χ2n) is 6.67. The van der Waals surface area contributed by atoms with Crippen LogP contribution in [0.2, 0.25) is 0 Å². The van der Waals surface area contributed by atoms with Crippen molar-refractivity contribution in [2.24, 2.45) is 28.9 Å². The first-order valence-electron chi connectivity index (χ1n) is 6.94. The fourth-order valence-corrected chi connectivity index (χ4v) is 5.11. The lowest BCUT2D eigenvalue weighted by Crippen LogP contribution is -2.55. The van der Waals surface area contributed by atoms with Crippen molar-refractivity contribution in [3.05, 3.63) is 0 Å². The standard InChI is InChI=1S/C14H23NO2/c1-17-13(16)5-12(15)14-6-9-2-10(7-14)4-11(3-9)8-14/h9-12H,2-8,15H2,1H3/t9?,10?,11?,12-,14?/m0/s1. The van der Waals surface area contributed by atoms with Gasteiger partial charge in [0.25, 0.3) is 0 Å². The molecule has 4 aliphatic rings. The van der Waals surface area contributed by atoms with Gasteiger partial charge < -0.3 is 10.5 Å². The van der Waals surface area contributed by atoms with Gasteiger partial charge in [-0.15, -0.1) is 0 Å². The highest BCUT2D eigenvalue weighted by atomic mass is 16.5. The fourth-order valence-electron chi connectivity index (χ4n) is 5.11. The van der Waals surface area contributed by atoms with E-state index in [-0.39, 0.29) is 17.4 Å². The van der Waals surface area contributed by atoms with Gasteiger partial charge in [0.05, 0.1) is 13.5 Å². The zero-order valence-electron chi connectivity index (χ0n) is 10.7. The number of hydrogen-bond acceptors (Lipinski definition) is 3. The van der Waals surface area contributed by atoms with E-state index >= 15 is 0 Å². The minimum Gasteiger partial charge on any atom is -0.469 e. The van der Waals surface area contributed by atoms with Crippen LogP contribution in [0.4, 0.5) is 0 Å². The van der Waals surface area contributed by atoms with Gasteiger partial charge in [-0.25, -0.2) is 0 Å². The highest BCUT2D eigenvalue weighted by Gasteiger charge is 2.53. The minimum atomic E-state index is -0.145. The first kappa shape index (κ1) is 11.5. The lowest BCUT2D eigenvalue weighted by atomic mass is 9.47. The quantitative estimate of drug-likeness (QED) is 0.765. The molecule has 4 bridgehead atoms. The first-order chi connectivity index (χ1) is 8.11. The third-order valence-electron chi connectivity index (χ3n) is 5.49. The lowest BCUT2D eigenvalue weighted by molar-refractivity contribution is -0.143. The summed E-state index contributed by atoms with van der Waals surface area (Å²) in [6.45, 7) is 0. The second kappa shape index (κ2) is 3.98. The van der Waals surface area contributed by atoms with Gasteiger partial charge in [-0.3, -0.25) is 4.79 Å². The van der Waals surface area contributed by atoms with Gasteiger partial charge in [-0.2, -0.15) is 0 Å². The van der Waals surface area contributed by atoms with Gasteiger partial charge >= 0.3 is 5.97 Å². The Morgan fingerprint density at radius 2 is 1.71 bits per heavy atom. The van der Waals surface area contributed by atoms with Gasteiger partial charge in [0.1, 0.15) is 0 Å². The van der Waals surface area contributed by atoms with Crippen molar-refractivity contribution in [1.29, 1.82) is 0 Å². The molecule has 4 rings (SSSR count). The summed E-state index contributed by atoms with van der Waals surface area (Å²) < 4.78 is 4.77. The molecule has 17 heavy (non-hydrogen) atoms. The topological polar surface area (TPSA) is 52.3 Å². The fraction of sp³-hybridized carbons (Fsp3) is 0.929. The number of methoxy groups -OCH3 is 1. The maximum absolute atomic E-state index is 11.4. The Hall–Kier alpha value is -0.570. The Balaban J connectivity index is 1.75. The van der Waals surface area contributed by atoms with Crippen molar-refractivity contribution in [3.63, 3.8) is 0 Å². The van der Waals surface area contributed by atoms with E-state index < -0.39 is 0 Å². The van der Waals surface area contributed by atoms with E-state index in [0.29, 0.717) is 6.42 Å². The van der Waals surface area contributed by atoms with E-state index in [0.717, 1.165) is 17.8 Å². The molecule has 0 aliphatic heterocycles. The van der Waals surface area contributed by atoms with Crippen molar-refractivity contribution in [3.8, 4) is 0 Å². The Morgan fingerprint density at radius 1 is 1.24 bits per heavy atom. The molecule has 0 saturated heterocycles. The average molecular weight is 237 g/mol. The molecule has 3 nitrogen and oxygen atoms in total. The van der Waals surface area contributed by atoms with Crippen molar-refractivity contribution in [2.45, 2.75) is 51.0 Å². The Bertz CT molecular complexity index is 291. The maximum atomic E-state index is 11.4. The number of rotatable bonds is 3. The van der Waals surface area contributed by atoms with Crippen molar-refractivity contribution in [1.82, 2.24) is 0 Å². The first-order valence-corrected chi connectivity index (χ1v) is 6.94. The molecule has 0 heterocycles. The highest BCUT2D eigenvalue weighted by molar-refractivity contribution is 5.70. The van der Waals surface area contributed by atoms with Crippen LogP contribution in [0.1, 0.15) is 44.9 Å². The van der Waals surface area contributed by atoms with Crippen molar-refractivity contribution < 1.29 is 9.53 Å². The Morgan fingerprint density at radius 3 is 2.12 bits per heavy atom. The maximum Gasteiger partial charge on any atom is 0.307 e. The van der Waals surface area contributed by atoms with Gasteiger partial charge in [0.15, 0.2) is 0 Å². The summed E-state index contributed by atoms with van der Waals surface area (Å²) in [5, 5.41) is 0. The normalized spacial score (nSPS) is 44.7. The zero-order valence-corrected chi connectivity index (χ0v) is 10.7. The van der Waals surface area contributed by atoms with Crippen LogP contribution < -0.4 is 5.73 Å². The van der Waals surface area contributed by atoms with Crippen LogP contribution in [0.3, 0.4) is 0 Å². The van der Waals surface area contributed by atoms with Crippen LogP contribution in [-0.4, -0.2) is 19.1 Å². The largest absolute Gasteiger partial charge is 0.469 e. The lowest BCUT2D eigenvalue weighted by Gasteiger charge is -2.58. The molecule has 2 N–H and O–H groups in total. The Labute approximate surface area is 103 Å². The molecule has 0 spiro atoms. The SMILES string of the molecule is COC(=O)C[C@H](N)C12CC3CC(CC(C3)C1)C2. The van der Waals surface area contributed by atoms with Crippen LogP contribution in [-0.2, 0) is 9.53 Å². The summed E-state index contributed by atoms with van der Waals surface area (Å²) in [7, 11) is 1.45. The van der Waals surface area contributed by atoms with E-state index in [2.05, 4.69) is 0 Å². The number of esters is 1. The molecule has 1 atom stereocenters. The smallest absolute Gasteiger partial charge is 0.307 e. The molecule has 0 amide bonds. The van der Waals surface area contributed by atoms with Crippen LogP contribution in [0.15, 0.2) is 0 Å². The third kappa shape index (κ3) is 1.88. The third-order valence-corrected chi connectivity index (χ3v) is 5.49. The number of hydrogen-bond donors (Lipinski definition) is 1. The van der Waals surface area contributed by atoms with E-state index in [1.807, 2.05) is 0 Å². The molecule has 0 radical (unpaired) electrons. The molecule has 0 unspecified atom stereocenters. The van der Waals surface area contributed by atoms with E-state index in [4.69, 9.17) is 10.5 Å². The average Bonchev–Trinajstić information content (AvgIpc) is 2.26. The number of ether oxygens (including phenoxy) is 1. The van der Waals surface area contributed by atoms with E-state index in [1.165, 1.54) is 45.6 Å². The minimum absolute atomic E-state index is 0.0170. The summed E-state index contributed by atoms with van der Waals surface area (Å²) in [6, 6.07) is 0.0170. The van der Waals surface area contributed by atoms with Gasteiger partial charge in [-0.05, 0) is 61.7 Å². The molecule has 4 aliphatic carbocycles. The van der Waals surface area contributed by atoms with Gasteiger partial charge in [0, 0.05) is 6.04 Å². The van der Waals surface area contributed by atoms with Crippen LogP contribution >= 0.6 is 0 Å². The second-order valence-corrected chi connectivity index (χ2v) is 6.67. The van der Waals surface area contributed by atoms with E-state index in [9.17, 15) is 4.79 Å². The monoisotopic (exact) mass is 237 g/mol. The summed E-state index contributed by atoms with van der Waals surface area (Å²) >= 11 is 0. The molecule has 0 aromatic heterocycles. The predicted octanol–water partition coefficient (Wildman–Crippen LogP) is 2.09. The molecule has 0 aromatic carbocycles. The predicted molar refractivity (Wildman–Crippen MR) is 65.2 cm³/mol. The zero-order chi connectivity index (χ0) is 12.0. The molecule has 4 fully saturated rings. The van der Waals surface area contributed by atoms with E-state index in [1.54, 1.807) is 0 Å². The number of carbonyl (C=O) groups is 1. The number of carbonyl (C=O) groups excluding carboxylic acids is 1. The van der Waals surface area contributed by atoms with Gasteiger partial charge in [0.2, 0.25) is 0 Å². The van der Waals surface area contributed by atoms with Gasteiger partial charge in [-0.1, -0.05) is 0 Å². The molecule has 4 saturated carbocycles. The highest BCUT2D eigenvalue weighted by Crippen LogP contribution is 2.61. The molecule has 0 aromatic rings. The van der Waals surface area contributed by atoms with Crippen LogP contribution in [0.5, 0.6) is 0 Å². The van der Waals surface area contributed by atoms with Crippen molar-refractivity contribution >= 4 is 5.97 Å². The molecule has 96 valence electrons. The van der Waals surface area contributed by atoms with Crippen LogP contribution in [0, 0.1) is 23.2 Å². The summed E-state index contributed by atoms with van der Waals surface area (Å²) in [4.78, 5) is 11.4. The number of nitrogens with two attached hydrogens (primary N) is 1. The molecule has 3 heteroatoms. The van der Waals surface area contributed by atoms with Crippen LogP contribution in [0.25, 0.3) is 0 Å². The molecular weight excluding hydrogens is 214 g/mol. The summed E-state index contributed by atoms with van der Waals surface area (Å²) in [5.74, 6) is 2.54.